The van der Waals surface area contributed by atoms with Crippen LogP contribution in [0.5, 0.6) is 0 Å². The number of Topliss-reactive ketones (excluding diaryl/α,β-unsaturated/α-hetero) is 1. The van der Waals surface area contributed by atoms with Gasteiger partial charge >= 0.3 is 0 Å². The molecule has 0 spiro atoms. The molecule has 15 heavy (non-hydrogen) atoms. The zero-order chi connectivity index (χ0) is 11.0. The lowest BCUT2D eigenvalue weighted by Gasteiger charge is -2.47. The van der Waals surface area contributed by atoms with E-state index < -0.39 is 6.04 Å². The number of nitrogens with zero attached hydrogens (tertiary/aromatic N) is 2. The fourth-order valence-electron chi connectivity index (χ4n) is 2.36. The molecule has 0 aromatic carbocycles. The summed E-state index contributed by atoms with van der Waals surface area (Å²) < 4.78 is 0. The van der Waals surface area contributed by atoms with Crippen LogP contribution in [-0.2, 0) is 9.59 Å². The Hall–Kier alpha value is -0.940. The molecule has 0 bridgehead atoms. The summed E-state index contributed by atoms with van der Waals surface area (Å²) in [4.78, 5) is 23.3. The predicted octanol–water partition coefficient (Wildman–Crippen LogP) is -0.486. The molecule has 2 N–H and O–H groups in total. The molecule has 2 atom stereocenters. The number of fused-ring (bicyclic) bond motifs is 1. The monoisotopic (exact) mass is 211 g/mol. The zero-order valence-electron chi connectivity index (χ0n) is 8.98. The van der Waals surface area contributed by atoms with Crippen molar-refractivity contribution in [2.24, 2.45) is 5.73 Å². The van der Waals surface area contributed by atoms with Crippen molar-refractivity contribution in [1.29, 1.82) is 0 Å². The van der Waals surface area contributed by atoms with Crippen molar-refractivity contribution < 1.29 is 9.59 Å². The second-order valence-electron chi connectivity index (χ2n) is 4.30. The number of carbonyl (C=O) groups excluding carboxylic acids is 2. The SMILES string of the molecule is CC(=O)C1CCCN2CCC(N)C(=O)N12. The summed E-state index contributed by atoms with van der Waals surface area (Å²) in [7, 11) is 0. The van der Waals surface area contributed by atoms with Gasteiger partial charge in [-0.3, -0.25) is 14.6 Å². The van der Waals surface area contributed by atoms with E-state index in [-0.39, 0.29) is 17.7 Å². The smallest absolute Gasteiger partial charge is 0.254 e. The average molecular weight is 211 g/mol. The first-order valence-corrected chi connectivity index (χ1v) is 5.45. The van der Waals surface area contributed by atoms with E-state index in [9.17, 15) is 9.59 Å². The number of carbonyl (C=O) groups is 2. The molecule has 1 amide bonds. The number of nitrogens with two attached hydrogens (primary N) is 1. The number of hydrazine groups is 1. The first-order chi connectivity index (χ1) is 7.11. The van der Waals surface area contributed by atoms with E-state index in [4.69, 9.17) is 5.73 Å². The highest BCUT2D eigenvalue weighted by Gasteiger charge is 2.40. The normalized spacial score (nSPS) is 32.7. The summed E-state index contributed by atoms with van der Waals surface area (Å²) in [5.41, 5.74) is 5.72. The summed E-state index contributed by atoms with van der Waals surface area (Å²) >= 11 is 0. The fraction of sp³-hybridized carbons (Fsp3) is 0.800. The lowest BCUT2D eigenvalue weighted by Crippen LogP contribution is -2.65. The van der Waals surface area contributed by atoms with E-state index in [2.05, 4.69) is 0 Å². The van der Waals surface area contributed by atoms with Crippen molar-refractivity contribution in [1.82, 2.24) is 10.0 Å². The molecular formula is C10H17N3O2. The van der Waals surface area contributed by atoms with Crippen LogP contribution in [0.1, 0.15) is 26.2 Å². The minimum atomic E-state index is -0.429. The largest absolute Gasteiger partial charge is 0.320 e. The Kier molecular flexibility index (Phi) is 2.75. The predicted molar refractivity (Wildman–Crippen MR) is 54.7 cm³/mol. The number of amides is 1. The third-order valence-electron chi connectivity index (χ3n) is 3.20. The molecule has 5 heteroatoms. The molecule has 0 aromatic heterocycles. The van der Waals surface area contributed by atoms with Crippen LogP contribution >= 0.6 is 0 Å². The number of hydrogen-bond acceptors (Lipinski definition) is 4. The maximum atomic E-state index is 11.9. The standard InChI is InChI=1S/C10H17N3O2/c1-7(14)9-3-2-5-12-6-4-8(11)10(15)13(9)12/h8-9H,2-6,11H2,1H3. The molecular weight excluding hydrogens is 194 g/mol. The van der Waals surface area contributed by atoms with Gasteiger partial charge in [0.05, 0.1) is 6.04 Å². The summed E-state index contributed by atoms with van der Waals surface area (Å²) in [6.07, 6.45) is 2.44. The van der Waals surface area contributed by atoms with Gasteiger partial charge in [0.1, 0.15) is 6.04 Å². The van der Waals surface area contributed by atoms with Crippen LogP contribution in [0.25, 0.3) is 0 Å². The quantitative estimate of drug-likeness (QED) is 0.636. The minimum absolute atomic E-state index is 0.0575. The van der Waals surface area contributed by atoms with Gasteiger partial charge in [-0.1, -0.05) is 0 Å². The van der Waals surface area contributed by atoms with Crippen molar-refractivity contribution in [2.45, 2.75) is 38.3 Å². The Morgan fingerprint density at radius 2 is 2.13 bits per heavy atom. The molecule has 5 nitrogen and oxygen atoms in total. The van der Waals surface area contributed by atoms with Gasteiger partial charge in [-0.15, -0.1) is 0 Å². The maximum absolute atomic E-state index is 11.9. The van der Waals surface area contributed by atoms with E-state index in [0.717, 1.165) is 25.9 Å². The molecule has 0 radical (unpaired) electrons. The van der Waals surface area contributed by atoms with Crippen LogP contribution in [-0.4, -0.2) is 46.9 Å². The van der Waals surface area contributed by atoms with E-state index in [1.165, 1.54) is 0 Å². The summed E-state index contributed by atoms with van der Waals surface area (Å²) in [6.45, 7) is 3.19. The fourth-order valence-corrected chi connectivity index (χ4v) is 2.36. The van der Waals surface area contributed by atoms with E-state index >= 15 is 0 Å². The molecule has 2 heterocycles. The Morgan fingerprint density at radius 3 is 2.80 bits per heavy atom. The summed E-state index contributed by atoms with van der Waals surface area (Å²) in [6, 6.07) is -0.709. The first kappa shape index (κ1) is 10.6. The number of rotatable bonds is 1. The highest BCUT2D eigenvalue weighted by Crippen LogP contribution is 2.23. The van der Waals surface area contributed by atoms with Gasteiger partial charge in [0, 0.05) is 13.1 Å². The first-order valence-electron chi connectivity index (χ1n) is 5.45. The van der Waals surface area contributed by atoms with Crippen molar-refractivity contribution in [3.8, 4) is 0 Å². The third kappa shape index (κ3) is 1.77. The highest BCUT2D eigenvalue weighted by molar-refractivity contribution is 5.89. The molecule has 2 aliphatic rings. The lowest BCUT2D eigenvalue weighted by atomic mass is 10.0. The minimum Gasteiger partial charge on any atom is -0.320 e. The van der Waals surface area contributed by atoms with Gasteiger partial charge in [0.25, 0.3) is 5.91 Å². The van der Waals surface area contributed by atoms with Gasteiger partial charge in [-0.2, -0.15) is 0 Å². The van der Waals surface area contributed by atoms with E-state index in [1.807, 2.05) is 5.01 Å². The van der Waals surface area contributed by atoms with Gasteiger partial charge in [-0.05, 0) is 26.2 Å². The second-order valence-corrected chi connectivity index (χ2v) is 4.30. The molecule has 84 valence electrons. The van der Waals surface area contributed by atoms with E-state index in [1.54, 1.807) is 11.9 Å². The van der Waals surface area contributed by atoms with Gasteiger partial charge in [0.2, 0.25) is 0 Å². The highest BCUT2D eigenvalue weighted by atomic mass is 16.2. The molecule has 0 aliphatic carbocycles. The number of hydrogen-bond donors (Lipinski definition) is 1. The van der Waals surface area contributed by atoms with Crippen molar-refractivity contribution in [3.63, 3.8) is 0 Å². The van der Waals surface area contributed by atoms with Gasteiger partial charge < -0.3 is 5.73 Å². The van der Waals surface area contributed by atoms with Crippen molar-refractivity contribution in [3.05, 3.63) is 0 Å². The Labute approximate surface area is 89.2 Å². The van der Waals surface area contributed by atoms with Crippen molar-refractivity contribution in [2.75, 3.05) is 13.1 Å². The van der Waals surface area contributed by atoms with Crippen molar-refractivity contribution >= 4 is 11.7 Å². The maximum Gasteiger partial charge on any atom is 0.254 e. The molecule has 2 rings (SSSR count). The molecule has 2 aliphatic heterocycles. The van der Waals surface area contributed by atoms with E-state index in [0.29, 0.717) is 6.42 Å². The summed E-state index contributed by atoms with van der Waals surface area (Å²) in [5.74, 6) is -0.0386. The number of ketones is 1. The summed E-state index contributed by atoms with van der Waals surface area (Å²) in [5, 5.41) is 3.57. The Bertz CT molecular complexity index is 292. The molecule has 2 saturated heterocycles. The molecule has 2 fully saturated rings. The second kappa shape index (κ2) is 3.90. The lowest BCUT2D eigenvalue weighted by molar-refractivity contribution is -0.174. The zero-order valence-corrected chi connectivity index (χ0v) is 8.98. The van der Waals surface area contributed by atoms with Crippen LogP contribution in [0.4, 0.5) is 0 Å². The molecule has 0 aromatic rings. The Morgan fingerprint density at radius 1 is 1.40 bits per heavy atom. The van der Waals surface area contributed by atoms with Crippen LogP contribution in [0.15, 0.2) is 0 Å². The third-order valence-corrected chi connectivity index (χ3v) is 3.20. The van der Waals surface area contributed by atoms with Gasteiger partial charge in [-0.25, -0.2) is 5.01 Å². The van der Waals surface area contributed by atoms with Gasteiger partial charge in [0.15, 0.2) is 5.78 Å². The topological polar surface area (TPSA) is 66.6 Å². The van der Waals surface area contributed by atoms with Crippen LogP contribution in [0.2, 0.25) is 0 Å². The van der Waals surface area contributed by atoms with Crippen LogP contribution < -0.4 is 5.73 Å². The molecule has 2 unspecified atom stereocenters. The molecule has 0 saturated carbocycles. The Balaban J connectivity index is 2.21. The van der Waals surface area contributed by atoms with Crippen LogP contribution in [0, 0.1) is 0 Å². The van der Waals surface area contributed by atoms with Crippen LogP contribution in [0.3, 0.4) is 0 Å². The average Bonchev–Trinajstić information content (AvgIpc) is 2.23.